The van der Waals surface area contributed by atoms with Crippen LogP contribution in [0.5, 0.6) is 0 Å². The Morgan fingerprint density at radius 1 is 1.19 bits per heavy atom. The van der Waals surface area contributed by atoms with E-state index in [1.165, 1.54) is 0 Å². The third-order valence-electron chi connectivity index (χ3n) is 4.07. The van der Waals surface area contributed by atoms with Gasteiger partial charge in [0, 0.05) is 25.9 Å². The zero-order valence-corrected chi connectivity index (χ0v) is 12.1. The van der Waals surface area contributed by atoms with Crippen molar-refractivity contribution in [1.29, 1.82) is 0 Å². The van der Waals surface area contributed by atoms with Crippen LogP contribution in [0.3, 0.4) is 0 Å². The number of rotatable bonds is 4. The highest BCUT2D eigenvalue weighted by atomic mass is 16.7. The highest BCUT2D eigenvalue weighted by Crippen LogP contribution is 2.38. The molecule has 1 aromatic rings. The molecule has 5 heteroatoms. The summed E-state index contributed by atoms with van der Waals surface area (Å²) in [4.78, 5) is 11.8. The summed E-state index contributed by atoms with van der Waals surface area (Å²) < 4.78 is 11.7. The largest absolute Gasteiger partial charge is 0.347 e. The maximum absolute atomic E-state index is 11.8. The van der Waals surface area contributed by atoms with Crippen molar-refractivity contribution < 1.29 is 14.3 Å². The van der Waals surface area contributed by atoms with E-state index in [4.69, 9.17) is 9.47 Å². The summed E-state index contributed by atoms with van der Waals surface area (Å²) in [5, 5.41) is 5.68. The molecule has 0 radical (unpaired) electrons. The zero-order valence-electron chi connectivity index (χ0n) is 12.1. The zero-order chi connectivity index (χ0) is 14.5. The van der Waals surface area contributed by atoms with Crippen LogP contribution >= 0.6 is 0 Å². The standard InChI is InChI=1S/C16H22N2O3/c19-15(17-10-13-6-2-1-3-7-13)18-11-14-12-20-16(21-14)8-4-5-9-16/h1-3,6-7,14H,4-5,8-12H2,(H2,17,18,19)/t14-/m0/s1. The van der Waals surface area contributed by atoms with Crippen LogP contribution in [0.2, 0.25) is 0 Å². The molecule has 0 unspecified atom stereocenters. The number of carbonyl (C=O) groups is 1. The molecule has 1 aliphatic carbocycles. The minimum absolute atomic E-state index is 0.0365. The Balaban J connectivity index is 1.36. The van der Waals surface area contributed by atoms with Crippen molar-refractivity contribution in [2.24, 2.45) is 0 Å². The van der Waals surface area contributed by atoms with Crippen molar-refractivity contribution in [3.63, 3.8) is 0 Å². The molecule has 1 aromatic carbocycles. The fourth-order valence-corrected chi connectivity index (χ4v) is 2.94. The van der Waals surface area contributed by atoms with Crippen LogP contribution in [0.25, 0.3) is 0 Å². The Morgan fingerprint density at radius 3 is 2.71 bits per heavy atom. The van der Waals surface area contributed by atoms with Crippen molar-refractivity contribution in [3.8, 4) is 0 Å². The van der Waals surface area contributed by atoms with E-state index in [1.54, 1.807) is 0 Å². The summed E-state index contributed by atoms with van der Waals surface area (Å²) in [7, 11) is 0. The average Bonchev–Trinajstić information content (AvgIpc) is 3.14. The number of amides is 2. The summed E-state index contributed by atoms with van der Waals surface area (Å²) in [6, 6.07) is 9.67. The van der Waals surface area contributed by atoms with Gasteiger partial charge in [0.2, 0.25) is 0 Å². The minimum atomic E-state index is -0.354. The van der Waals surface area contributed by atoms with Gasteiger partial charge in [0.05, 0.1) is 6.61 Å². The Hall–Kier alpha value is -1.59. The highest BCUT2D eigenvalue weighted by Gasteiger charge is 2.43. The molecule has 0 bridgehead atoms. The SMILES string of the molecule is O=C(NCc1ccccc1)NC[C@H]1COC2(CCCC2)O1. The lowest BCUT2D eigenvalue weighted by molar-refractivity contribution is -0.160. The molecule has 2 amide bonds. The van der Waals surface area contributed by atoms with Crippen molar-refractivity contribution in [3.05, 3.63) is 35.9 Å². The van der Waals surface area contributed by atoms with Crippen LogP contribution in [0.1, 0.15) is 31.2 Å². The van der Waals surface area contributed by atoms with Gasteiger partial charge in [0.15, 0.2) is 5.79 Å². The van der Waals surface area contributed by atoms with E-state index in [0.717, 1.165) is 31.2 Å². The lowest BCUT2D eigenvalue weighted by atomic mass is 10.2. The van der Waals surface area contributed by atoms with Crippen LogP contribution in [-0.4, -0.2) is 31.1 Å². The van der Waals surface area contributed by atoms with Gasteiger partial charge in [-0.2, -0.15) is 0 Å². The molecule has 5 nitrogen and oxygen atoms in total. The summed E-state index contributed by atoms with van der Waals surface area (Å²) in [5.41, 5.74) is 1.08. The number of hydrogen-bond acceptors (Lipinski definition) is 3. The molecule has 2 N–H and O–H groups in total. The molecule has 0 aromatic heterocycles. The highest BCUT2D eigenvalue weighted by molar-refractivity contribution is 5.73. The molecule has 1 saturated heterocycles. The van der Waals surface area contributed by atoms with Gasteiger partial charge in [-0.3, -0.25) is 0 Å². The Kier molecular flexibility index (Phi) is 4.41. The smallest absolute Gasteiger partial charge is 0.315 e. The molecule has 3 rings (SSSR count). The predicted molar refractivity (Wildman–Crippen MR) is 78.7 cm³/mol. The van der Waals surface area contributed by atoms with Gasteiger partial charge in [-0.05, 0) is 18.4 Å². The molecular weight excluding hydrogens is 268 g/mol. The molecular formula is C16H22N2O3. The molecule has 1 heterocycles. The molecule has 1 atom stereocenters. The van der Waals surface area contributed by atoms with Crippen LogP contribution in [0, 0.1) is 0 Å². The van der Waals surface area contributed by atoms with E-state index in [2.05, 4.69) is 10.6 Å². The molecule has 1 aliphatic heterocycles. The molecule has 21 heavy (non-hydrogen) atoms. The Morgan fingerprint density at radius 2 is 1.95 bits per heavy atom. The first-order valence-corrected chi connectivity index (χ1v) is 7.63. The van der Waals surface area contributed by atoms with Crippen LogP contribution in [0.15, 0.2) is 30.3 Å². The summed E-state index contributed by atoms with van der Waals surface area (Å²) in [6.45, 7) is 1.58. The van der Waals surface area contributed by atoms with E-state index in [-0.39, 0.29) is 17.9 Å². The van der Waals surface area contributed by atoms with Gasteiger partial charge in [-0.1, -0.05) is 30.3 Å². The van der Waals surface area contributed by atoms with Crippen molar-refractivity contribution in [2.75, 3.05) is 13.2 Å². The first kappa shape index (κ1) is 14.4. The van der Waals surface area contributed by atoms with Gasteiger partial charge >= 0.3 is 6.03 Å². The molecule has 1 spiro atoms. The quantitative estimate of drug-likeness (QED) is 0.893. The van der Waals surface area contributed by atoms with E-state index < -0.39 is 0 Å². The van der Waals surface area contributed by atoms with Gasteiger partial charge in [0.25, 0.3) is 0 Å². The van der Waals surface area contributed by atoms with Crippen molar-refractivity contribution in [1.82, 2.24) is 10.6 Å². The minimum Gasteiger partial charge on any atom is -0.347 e. The lowest BCUT2D eigenvalue weighted by Crippen LogP contribution is -2.40. The van der Waals surface area contributed by atoms with Gasteiger partial charge in [-0.15, -0.1) is 0 Å². The van der Waals surface area contributed by atoms with E-state index in [9.17, 15) is 4.79 Å². The second-order valence-electron chi connectivity index (χ2n) is 5.72. The topological polar surface area (TPSA) is 59.6 Å². The first-order valence-electron chi connectivity index (χ1n) is 7.63. The van der Waals surface area contributed by atoms with E-state index >= 15 is 0 Å². The van der Waals surface area contributed by atoms with Crippen LogP contribution in [-0.2, 0) is 16.0 Å². The maximum atomic E-state index is 11.8. The second-order valence-corrected chi connectivity index (χ2v) is 5.72. The monoisotopic (exact) mass is 290 g/mol. The third-order valence-corrected chi connectivity index (χ3v) is 4.07. The maximum Gasteiger partial charge on any atom is 0.315 e. The van der Waals surface area contributed by atoms with Crippen molar-refractivity contribution in [2.45, 2.75) is 44.1 Å². The Labute approximate surface area is 125 Å². The molecule has 114 valence electrons. The Bertz CT molecular complexity index is 472. The fraction of sp³-hybridized carbons (Fsp3) is 0.562. The van der Waals surface area contributed by atoms with E-state index in [1.807, 2.05) is 30.3 Å². The number of ether oxygens (including phenoxy) is 2. The number of benzene rings is 1. The first-order chi connectivity index (χ1) is 10.3. The number of hydrogen-bond donors (Lipinski definition) is 2. The van der Waals surface area contributed by atoms with Crippen LogP contribution in [0.4, 0.5) is 4.79 Å². The number of carbonyl (C=O) groups excluding carboxylic acids is 1. The summed E-state index contributed by atoms with van der Waals surface area (Å²) >= 11 is 0. The predicted octanol–water partition coefficient (Wildman–Crippen LogP) is 2.17. The summed E-state index contributed by atoms with van der Waals surface area (Å²) in [6.07, 6.45) is 4.24. The van der Waals surface area contributed by atoms with E-state index in [0.29, 0.717) is 19.7 Å². The number of nitrogens with one attached hydrogen (secondary N) is 2. The lowest BCUT2D eigenvalue weighted by Gasteiger charge is -2.21. The van der Waals surface area contributed by atoms with Gasteiger partial charge in [0.1, 0.15) is 6.10 Å². The third kappa shape index (κ3) is 3.74. The van der Waals surface area contributed by atoms with Gasteiger partial charge in [-0.25, -0.2) is 4.79 Å². The average molecular weight is 290 g/mol. The normalized spacial score (nSPS) is 23.3. The summed E-state index contributed by atoms with van der Waals surface area (Å²) in [5.74, 6) is -0.354. The fourth-order valence-electron chi connectivity index (χ4n) is 2.94. The molecule has 1 saturated carbocycles. The second kappa shape index (κ2) is 6.45. The van der Waals surface area contributed by atoms with Crippen LogP contribution < -0.4 is 10.6 Å². The molecule has 2 fully saturated rings. The van der Waals surface area contributed by atoms with Crippen molar-refractivity contribution >= 4 is 6.03 Å². The molecule has 2 aliphatic rings. The van der Waals surface area contributed by atoms with Gasteiger partial charge < -0.3 is 20.1 Å². The number of urea groups is 1.